The molecule has 3 nitrogen and oxygen atoms in total. The Bertz CT molecular complexity index is 326. The van der Waals surface area contributed by atoms with E-state index in [-0.39, 0.29) is 5.41 Å². The third-order valence-electron chi connectivity index (χ3n) is 2.20. The van der Waals surface area contributed by atoms with E-state index in [1.54, 1.807) is 0 Å². The Kier molecular flexibility index (Phi) is 3.80. The lowest BCUT2D eigenvalue weighted by Gasteiger charge is -2.18. The van der Waals surface area contributed by atoms with Gasteiger partial charge in [0.25, 0.3) is 0 Å². The van der Waals surface area contributed by atoms with Crippen LogP contribution in [-0.4, -0.2) is 16.5 Å². The number of hydrogen-bond acceptors (Lipinski definition) is 3. The van der Waals surface area contributed by atoms with E-state index in [4.69, 9.17) is 0 Å². The van der Waals surface area contributed by atoms with Gasteiger partial charge in [-0.3, -0.25) is 0 Å². The van der Waals surface area contributed by atoms with Crippen LogP contribution >= 0.6 is 0 Å². The fourth-order valence-electron chi connectivity index (χ4n) is 1.33. The first kappa shape index (κ1) is 12.1. The molecular weight excluding hydrogens is 186 g/mol. The molecule has 0 unspecified atom stereocenters. The molecule has 1 aromatic rings. The minimum atomic E-state index is 0.0919. The molecule has 1 N–H and O–H groups in total. The molecule has 0 spiro atoms. The van der Waals surface area contributed by atoms with Crippen molar-refractivity contribution in [2.24, 2.45) is 0 Å². The van der Waals surface area contributed by atoms with Crippen LogP contribution in [0.3, 0.4) is 0 Å². The maximum Gasteiger partial charge on any atom is 0.142 e. The van der Waals surface area contributed by atoms with Gasteiger partial charge in [-0.05, 0) is 19.5 Å². The van der Waals surface area contributed by atoms with Crippen LogP contribution in [0.4, 0.5) is 0 Å². The van der Waals surface area contributed by atoms with E-state index < -0.39 is 0 Å². The van der Waals surface area contributed by atoms with Gasteiger partial charge >= 0.3 is 0 Å². The predicted octanol–water partition coefficient (Wildman–Crippen LogP) is 2.19. The Balaban J connectivity index is 2.95. The Morgan fingerprint density at radius 2 is 1.93 bits per heavy atom. The number of aryl methyl sites for hydroxylation is 1. The Morgan fingerprint density at radius 1 is 1.27 bits per heavy atom. The van der Waals surface area contributed by atoms with Gasteiger partial charge in [-0.15, -0.1) is 0 Å². The molecule has 0 aromatic carbocycles. The molecule has 0 amide bonds. The van der Waals surface area contributed by atoms with E-state index in [1.165, 1.54) is 0 Å². The van der Waals surface area contributed by atoms with E-state index in [1.807, 2.05) is 6.92 Å². The van der Waals surface area contributed by atoms with E-state index in [9.17, 15) is 0 Å². The quantitative estimate of drug-likeness (QED) is 0.825. The van der Waals surface area contributed by atoms with Crippen molar-refractivity contribution >= 4 is 0 Å². The van der Waals surface area contributed by atoms with Crippen LogP contribution in [0.2, 0.25) is 0 Å². The van der Waals surface area contributed by atoms with Crippen molar-refractivity contribution in [1.82, 2.24) is 15.3 Å². The molecule has 1 heterocycles. The fraction of sp³-hybridized carbons (Fsp3) is 0.667. The standard InChI is InChI=1S/C12H21N3/c1-6-13-8-11-14-9(2)7-10(15-11)12(3,4)5/h7,13H,6,8H2,1-5H3. The average Bonchev–Trinajstić information content (AvgIpc) is 2.12. The zero-order valence-corrected chi connectivity index (χ0v) is 10.4. The molecule has 1 rings (SSSR count). The summed E-state index contributed by atoms with van der Waals surface area (Å²) in [5.41, 5.74) is 2.25. The van der Waals surface area contributed by atoms with Gasteiger partial charge < -0.3 is 5.32 Å². The molecular formula is C12H21N3. The van der Waals surface area contributed by atoms with Gasteiger partial charge in [0.05, 0.1) is 6.54 Å². The van der Waals surface area contributed by atoms with Crippen LogP contribution in [0.25, 0.3) is 0 Å². The van der Waals surface area contributed by atoms with Crippen molar-refractivity contribution in [2.75, 3.05) is 6.54 Å². The summed E-state index contributed by atoms with van der Waals surface area (Å²) >= 11 is 0. The summed E-state index contributed by atoms with van der Waals surface area (Å²) in [6.07, 6.45) is 0. The van der Waals surface area contributed by atoms with E-state index in [0.717, 1.165) is 30.3 Å². The molecule has 0 saturated heterocycles. The van der Waals surface area contributed by atoms with Gasteiger partial charge in [0.2, 0.25) is 0 Å². The van der Waals surface area contributed by atoms with Gasteiger partial charge in [-0.2, -0.15) is 0 Å². The van der Waals surface area contributed by atoms with E-state index in [2.05, 4.69) is 49.0 Å². The number of aromatic nitrogens is 2. The minimum absolute atomic E-state index is 0.0919. The first-order valence-electron chi connectivity index (χ1n) is 5.49. The normalized spacial score (nSPS) is 11.8. The lowest BCUT2D eigenvalue weighted by atomic mass is 9.91. The monoisotopic (exact) mass is 207 g/mol. The molecule has 0 aliphatic heterocycles. The van der Waals surface area contributed by atoms with Crippen LogP contribution in [-0.2, 0) is 12.0 Å². The van der Waals surface area contributed by atoms with Gasteiger partial charge in [0, 0.05) is 16.8 Å². The van der Waals surface area contributed by atoms with Gasteiger partial charge in [0.15, 0.2) is 0 Å². The van der Waals surface area contributed by atoms with E-state index in [0.29, 0.717) is 0 Å². The number of nitrogens with one attached hydrogen (secondary N) is 1. The van der Waals surface area contributed by atoms with Gasteiger partial charge in [-0.1, -0.05) is 27.7 Å². The largest absolute Gasteiger partial charge is 0.310 e. The highest BCUT2D eigenvalue weighted by atomic mass is 15.0. The molecule has 0 saturated carbocycles. The summed E-state index contributed by atoms with van der Waals surface area (Å²) in [5.74, 6) is 0.891. The van der Waals surface area contributed by atoms with Crippen molar-refractivity contribution in [3.8, 4) is 0 Å². The molecule has 0 atom stereocenters. The summed E-state index contributed by atoms with van der Waals surface area (Å²) in [6.45, 7) is 12.3. The number of nitrogens with zero attached hydrogens (tertiary/aromatic N) is 2. The maximum absolute atomic E-state index is 4.57. The molecule has 0 fully saturated rings. The second kappa shape index (κ2) is 4.71. The molecule has 84 valence electrons. The molecule has 0 bridgehead atoms. The molecule has 0 aliphatic carbocycles. The smallest absolute Gasteiger partial charge is 0.142 e. The zero-order valence-electron chi connectivity index (χ0n) is 10.4. The lowest BCUT2D eigenvalue weighted by Crippen LogP contribution is -2.19. The van der Waals surface area contributed by atoms with Crippen molar-refractivity contribution in [3.05, 3.63) is 23.3 Å². The Morgan fingerprint density at radius 3 is 2.47 bits per heavy atom. The van der Waals surface area contributed by atoms with E-state index >= 15 is 0 Å². The third kappa shape index (κ3) is 3.59. The van der Waals surface area contributed by atoms with Crippen LogP contribution in [0.5, 0.6) is 0 Å². The number of rotatable bonds is 3. The van der Waals surface area contributed by atoms with Gasteiger partial charge in [0.1, 0.15) is 5.82 Å². The second-order valence-electron chi connectivity index (χ2n) is 4.84. The highest BCUT2D eigenvalue weighted by Gasteiger charge is 2.16. The Hall–Kier alpha value is -0.960. The predicted molar refractivity (Wildman–Crippen MR) is 62.8 cm³/mol. The summed E-state index contributed by atoms with van der Waals surface area (Å²) in [5, 5.41) is 3.25. The summed E-state index contributed by atoms with van der Waals surface area (Å²) in [6, 6.07) is 2.06. The first-order chi connectivity index (χ1) is 6.93. The molecule has 0 aliphatic rings. The minimum Gasteiger partial charge on any atom is -0.310 e. The molecule has 1 aromatic heterocycles. The fourth-order valence-corrected chi connectivity index (χ4v) is 1.33. The van der Waals surface area contributed by atoms with Crippen molar-refractivity contribution in [3.63, 3.8) is 0 Å². The topological polar surface area (TPSA) is 37.8 Å². The summed E-state index contributed by atoms with van der Waals surface area (Å²) < 4.78 is 0. The van der Waals surface area contributed by atoms with Crippen LogP contribution in [0.15, 0.2) is 6.07 Å². The van der Waals surface area contributed by atoms with Crippen LogP contribution in [0.1, 0.15) is 44.9 Å². The van der Waals surface area contributed by atoms with Crippen molar-refractivity contribution in [1.29, 1.82) is 0 Å². The van der Waals surface area contributed by atoms with Gasteiger partial charge in [-0.25, -0.2) is 9.97 Å². The highest BCUT2D eigenvalue weighted by Crippen LogP contribution is 2.20. The first-order valence-corrected chi connectivity index (χ1v) is 5.49. The highest BCUT2D eigenvalue weighted by molar-refractivity contribution is 5.17. The Labute approximate surface area is 92.3 Å². The summed E-state index contributed by atoms with van der Waals surface area (Å²) in [7, 11) is 0. The van der Waals surface area contributed by atoms with Crippen molar-refractivity contribution in [2.45, 2.75) is 46.6 Å². The average molecular weight is 207 g/mol. The van der Waals surface area contributed by atoms with Crippen LogP contribution in [0, 0.1) is 6.92 Å². The second-order valence-corrected chi connectivity index (χ2v) is 4.84. The number of hydrogen-bond donors (Lipinski definition) is 1. The summed E-state index contributed by atoms with van der Waals surface area (Å²) in [4.78, 5) is 8.98. The lowest BCUT2D eigenvalue weighted by molar-refractivity contribution is 0.555. The molecule has 3 heteroatoms. The molecule has 0 radical (unpaired) electrons. The van der Waals surface area contributed by atoms with Crippen LogP contribution < -0.4 is 5.32 Å². The maximum atomic E-state index is 4.57. The van der Waals surface area contributed by atoms with Crippen molar-refractivity contribution < 1.29 is 0 Å². The third-order valence-corrected chi connectivity index (χ3v) is 2.20. The molecule has 15 heavy (non-hydrogen) atoms. The SMILES string of the molecule is CCNCc1nc(C)cc(C(C)(C)C)n1. The zero-order chi connectivity index (χ0) is 11.5.